The molecular formula is C16H18N4S. The second kappa shape index (κ2) is 6.28. The fraction of sp³-hybridized carbons (Fsp3) is 0.312. The van der Waals surface area contributed by atoms with E-state index in [2.05, 4.69) is 39.6 Å². The zero-order valence-electron chi connectivity index (χ0n) is 12.3. The number of benzene rings is 1. The number of rotatable bonds is 5. The van der Waals surface area contributed by atoms with Gasteiger partial charge in [0.2, 0.25) is 0 Å². The lowest BCUT2D eigenvalue weighted by Crippen LogP contribution is -2.13. The first kappa shape index (κ1) is 14.1. The topological polar surface area (TPSA) is 50.7 Å². The van der Waals surface area contributed by atoms with Crippen molar-refractivity contribution in [2.24, 2.45) is 0 Å². The third-order valence-corrected chi connectivity index (χ3v) is 4.20. The van der Waals surface area contributed by atoms with Crippen LogP contribution in [0.15, 0.2) is 30.3 Å². The summed E-state index contributed by atoms with van der Waals surface area (Å²) < 4.78 is 0. The summed E-state index contributed by atoms with van der Waals surface area (Å²) in [6.07, 6.45) is 1.12. The van der Waals surface area contributed by atoms with Gasteiger partial charge in [0.25, 0.3) is 0 Å². The molecule has 0 fully saturated rings. The Bertz CT molecular complexity index is 751. The van der Waals surface area contributed by atoms with E-state index >= 15 is 0 Å². The van der Waals surface area contributed by atoms with Crippen LogP contribution >= 0.6 is 11.3 Å². The Balaban J connectivity index is 1.97. The summed E-state index contributed by atoms with van der Waals surface area (Å²) in [6, 6.07) is 10.3. The average molecular weight is 298 g/mol. The lowest BCUT2D eigenvalue weighted by molar-refractivity contribution is 0.668. The minimum absolute atomic E-state index is 0.785. The molecular weight excluding hydrogens is 280 g/mol. The molecule has 5 heteroatoms. The minimum Gasteiger partial charge on any atom is -0.310 e. The highest BCUT2D eigenvalue weighted by Gasteiger charge is 2.11. The first-order valence-electron chi connectivity index (χ1n) is 7.18. The maximum Gasteiger partial charge on any atom is 0.148 e. The number of aryl methyl sites for hydroxylation is 1. The van der Waals surface area contributed by atoms with Gasteiger partial charge in [-0.2, -0.15) is 0 Å². The van der Waals surface area contributed by atoms with Crippen molar-refractivity contribution in [3.63, 3.8) is 0 Å². The van der Waals surface area contributed by atoms with Gasteiger partial charge < -0.3 is 5.32 Å². The van der Waals surface area contributed by atoms with Crippen LogP contribution < -0.4 is 5.32 Å². The van der Waals surface area contributed by atoms with Gasteiger partial charge in [0, 0.05) is 23.2 Å². The van der Waals surface area contributed by atoms with Crippen LogP contribution in [0, 0.1) is 6.92 Å². The number of fused-ring (bicyclic) bond motifs is 1. The molecule has 2 aromatic heterocycles. The summed E-state index contributed by atoms with van der Waals surface area (Å²) in [6.45, 7) is 5.96. The SMILES string of the molecule is CCCNCc1nnc(-c2cc(C)nc3ccccc23)s1. The van der Waals surface area contributed by atoms with Crippen molar-refractivity contribution in [1.29, 1.82) is 0 Å². The average Bonchev–Trinajstić information content (AvgIpc) is 2.95. The highest BCUT2D eigenvalue weighted by Crippen LogP contribution is 2.30. The predicted octanol–water partition coefficient (Wildman–Crippen LogP) is 3.56. The molecule has 0 bridgehead atoms. The number of aromatic nitrogens is 3. The zero-order chi connectivity index (χ0) is 14.7. The third kappa shape index (κ3) is 3.09. The van der Waals surface area contributed by atoms with Crippen LogP contribution in [0.1, 0.15) is 24.0 Å². The van der Waals surface area contributed by atoms with Crippen molar-refractivity contribution in [2.75, 3.05) is 6.54 Å². The summed E-state index contributed by atoms with van der Waals surface area (Å²) in [5.41, 5.74) is 3.13. The van der Waals surface area contributed by atoms with Crippen LogP contribution in [0.5, 0.6) is 0 Å². The van der Waals surface area contributed by atoms with E-state index in [4.69, 9.17) is 0 Å². The van der Waals surface area contributed by atoms with Crippen LogP contribution in [0.4, 0.5) is 0 Å². The Morgan fingerprint density at radius 1 is 1.19 bits per heavy atom. The molecule has 2 heterocycles. The lowest BCUT2D eigenvalue weighted by atomic mass is 10.1. The quantitative estimate of drug-likeness (QED) is 0.732. The predicted molar refractivity (Wildman–Crippen MR) is 87.4 cm³/mol. The maximum atomic E-state index is 4.57. The van der Waals surface area contributed by atoms with Crippen LogP contribution in [0.2, 0.25) is 0 Å². The fourth-order valence-corrected chi connectivity index (χ4v) is 3.13. The monoisotopic (exact) mass is 298 g/mol. The Morgan fingerprint density at radius 2 is 2.05 bits per heavy atom. The van der Waals surface area contributed by atoms with Gasteiger partial charge in [0.1, 0.15) is 10.0 Å². The van der Waals surface area contributed by atoms with Crippen LogP contribution in [-0.4, -0.2) is 21.7 Å². The van der Waals surface area contributed by atoms with E-state index in [1.165, 1.54) is 0 Å². The molecule has 3 rings (SSSR count). The summed E-state index contributed by atoms with van der Waals surface area (Å²) in [5.74, 6) is 0. The van der Waals surface area contributed by atoms with Gasteiger partial charge >= 0.3 is 0 Å². The van der Waals surface area contributed by atoms with E-state index in [9.17, 15) is 0 Å². The second-order valence-corrected chi connectivity index (χ2v) is 6.07. The summed E-state index contributed by atoms with van der Waals surface area (Å²) in [4.78, 5) is 4.57. The first-order valence-corrected chi connectivity index (χ1v) is 7.99. The van der Waals surface area contributed by atoms with Crippen molar-refractivity contribution in [1.82, 2.24) is 20.5 Å². The zero-order valence-corrected chi connectivity index (χ0v) is 13.1. The lowest BCUT2D eigenvalue weighted by Gasteiger charge is -2.04. The Labute approximate surface area is 128 Å². The molecule has 0 amide bonds. The molecule has 1 N–H and O–H groups in total. The number of para-hydroxylation sites is 1. The Kier molecular flexibility index (Phi) is 4.22. The molecule has 0 unspecified atom stereocenters. The van der Waals surface area contributed by atoms with E-state index in [-0.39, 0.29) is 0 Å². The third-order valence-electron chi connectivity index (χ3n) is 3.24. The summed E-state index contributed by atoms with van der Waals surface area (Å²) >= 11 is 1.65. The van der Waals surface area contributed by atoms with Gasteiger partial charge in [-0.05, 0) is 32.0 Å². The van der Waals surface area contributed by atoms with E-state index in [1.54, 1.807) is 11.3 Å². The molecule has 0 saturated carbocycles. The summed E-state index contributed by atoms with van der Waals surface area (Å²) in [5, 5.41) is 15.1. The molecule has 0 spiro atoms. The van der Waals surface area contributed by atoms with Gasteiger partial charge in [-0.3, -0.25) is 4.98 Å². The van der Waals surface area contributed by atoms with Crippen molar-refractivity contribution in [3.05, 3.63) is 41.0 Å². The van der Waals surface area contributed by atoms with E-state index in [1.807, 2.05) is 25.1 Å². The minimum atomic E-state index is 0.785. The number of nitrogens with one attached hydrogen (secondary N) is 1. The van der Waals surface area contributed by atoms with Crippen LogP contribution in [0.25, 0.3) is 21.5 Å². The summed E-state index contributed by atoms with van der Waals surface area (Å²) in [7, 11) is 0. The van der Waals surface area contributed by atoms with Gasteiger partial charge in [0.05, 0.1) is 5.52 Å². The van der Waals surface area contributed by atoms with Gasteiger partial charge in [-0.25, -0.2) is 0 Å². The molecule has 3 aromatic rings. The largest absolute Gasteiger partial charge is 0.310 e. The van der Waals surface area contributed by atoms with Crippen molar-refractivity contribution >= 4 is 22.2 Å². The molecule has 0 atom stereocenters. The van der Waals surface area contributed by atoms with E-state index < -0.39 is 0 Å². The fourth-order valence-electron chi connectivity index (χ4n) is 2.29. The highest BCUT2D eigenvalue weighted by atomic mass is 32.1. The highest BCUT2D eigenvalue weighted by molar-refractivity contribution is 7.14. The van der Waals surface area contributed by atoms with Gasteiger partial charge in [-0.15, -0.1) is 10.2 Å². The molecule has 0 radical (unpaired) electrons. The first-order chi connectivity index (χ1) is 10.3. The van der Waals surface area contributed by atoms with Crippen molar-refractivity contribution < 1.29 is 0 Å². The van der Waals surface area contributed by atoms with Crippen molar-refractivity contribution in [2.45, 2.75) is 26.8 Å². The van der Waals surface area contributed by atoms with Gasteiger partial charge in [0.15, 0.2) is 0 Å². The molecule has 108 valence electrons. The number of nitrogens with zero attached hydrogens (tertiary/aromatic N) is 3. The molecule has 0 saturated heterocycles. The van der Waals surface area contributed by atoms with Gasteiger partial charge in [-0.1, -0.05) is 36.5 Å². The smallest absolute Gasteiger partial charge is 0.148 e. The number of hydrogen-bond donors (Lipinski definition) is 1. The van der Waals surface area contributed by atoms with E-state index in [0.717, 1.165) is 51.7 Å². The Hall–Kier alpha value is -1.85. The molecule has 4 nitrogen and oxygen atoms in total. The number of pyridine rings is 1. The standard InChI is InChI=1S/C16H18N4S/c1-3-8-17-10-15-19-20-16(21-15)13-9-11(2)18-14-7-5-4-6-12(13)14/h4-7,9,17H,3,8,10H2,1-2H3. The molecule has 0 aliphatic heterocycles. The van der Waals surface area contributed by atoms with E-state index in [0.29, 0.717) is 0 Å². The normalized spacial score (nSPS) is 11.1. The number of hydrogen-bond acceptors (Lipinski definition) is 5. The second-order valence-electron chi connectivity index (χ2n) is 5.01. The Morgan fingerprint density at radius 3 is 2.90 bits per heavy atom. The maximum absolute atomic E-state index is 4.57. The van der Waals surface area contributed by atoms with Crippen molar-refractivity contribution in [3.8, 4) is 10.6 Å². The molecule has 1 aromatic carbocycles. The molecule has 21 heavy (non-hydrogen) atoms. The van der Waals surface area contributed by atoms with Crippen LogP contribution in [0.3, 0.4) is 0 Å². The molecule has 0 aliphatic rings. The molecule has 0 aliphatic carbocycles. The van der Waals surface area contributed by atoms with Crippen LogP contribution in [-0.2, 0) is 6.54 Å².